The molecule has 0 spiro atoms. The molecule has 0 saturated carbocycles. The second-order valence-corrected chi connectivity index (χ2v) is 4.94. The van der Waals surface area contributed by atoms with Crippen molar-refractivity contribution in [2.45, 2.75) is 6.92 Å². The second-order valence-electron chi connectivity index (χ2n) is 4.94. The molecule has 0 aliphatic carbocycles. The van der Waals surface area contributed by atoms with Gasteiger partial charge in [-0.25, -0.2) is 0 Å². The van der Waals surface area contributed by atoms with Crippen molar-refractivity contribution in [1.82, 2.24) is 4.68 Å². The van der Waals surface area contributed by atoms with Crippen molar-refractivity contribution in [3.8, 4) is 0 Å². The molecule has 0 radical (unpaired) electrons. The highest BCUT2D eigenvalue weighted by Gasteiger charge is 2.16. The van der Waals surface area contributed by atoms with Crippen LogP contribution in [0.2, 0.25) is 0 Å². The van der Waals surface area contributed by atoms with Gasteiger partial charge in [-0.3, -0.25) is 14.9 Å². The highest BCUT2D eigenvalue weighted by atomic mass is 16.4. The Labute approximate surface area is 127 Å². The Morgan fingerprint density at radius 3 is 2.50 bits per heavy atom. The molecule has 110 valence electrons. The van der Waals surface area contributed by atoms with E-state index in [0.29, 0.717) is 5.56 Å². The number of hydrogen-bond acceptors (Lipinski definition) is 3. The van der Waals surface area contributed by atoms with Gasteiger partial charge in [-0.2, -0.15) is 0 Å². The minimum absolute atomic E-state index is 0.0298. The molecule has 0 unspecified atom stereocenters. The van der Waals surface area contributed by atoms with Crippen molar-refractivity contribution < 1.29 is 10.0 Å². The van der Waals surface area contributed by atoms with E-state index in [1.54, 1.807) is 28.9 Å². The van der Waals surface area contributed by atoms with Crippen LogP contribution in [0.4, 0.5) is 0 Å². The summed E-state index contributed by atoms with van der Waals surface area (Å²) in [6.07, 6.45) is 0. The molecule has 5 nitrogen and oxygen atoms in total. The summed E-state index contributed by atoms with van der Waals surface area (Å²) in [6, 6.07) is 18.6. The highest BCUT2D eigenvalue weighted by molar-refractivity contribution is 6.47. The maximum Gasteiger partial charge on any atom is 0.292 e. The number of amides is 1. The van der Waals surface area contributed by atoms with Gasteiger partial charge in [0.1, 0.15) is 0 Å². The predicted octanol–water partition coefficient (Wildman–Crippen LogP) is 2.90. The molecule has 0 aliphatic heterocycles. The molecule has 2 N–H and O–H groups in total. The van der Waals surface area contributed by atoms with Gasteiger partial charge in [0.25, 0.3) is 5.91 Å². The number of carbonyl (C=O) groups excluding carboxylic acids is 1. The monoisotopic (exact) mass is 293 g/mol. The van der Waals surface area contributed by atoms with Crippen LogP contribution in [0, 0.1) is 6.92 Å². The van der Waals surface area contributed by atoms with Gasteiger partial charge in [0.2, 0.25) is 0 Å². The minimum atomic E-state index is -0.474. The molecule has 0 bridgehead atoms. The quantitative estimate of drug-likeness (QED) is 0.443. The average molecular weight is 293 g/mol. The van der Waals surface area contributed by atoms with Crippen molar-refractivity contribution in [3.63, 3.8) is 0 Å². The first-order chi connectivity index (χ1) is 10.7. The van der Waals surface area contributed by atoms with Gasteiger partial charge in [0.15, 0.2) is 5.71 Å². The summed E-state index contributed by atoms with van der Waals surface area (Å²) in [4.78, 5) is 12.4. The molecule has 1 heterocycles. The molecule has 1 amide bonds. The number of aryl methyl sites for hydroxylation is 1. The Morgan fingerprint density at radius 2 is 1.77 bits per heavy atom. The zero-order chi connectivity index (χ0) is 15.5. The molecule has 5 heteroatoms. The van der Waals surface area contributed by atoms with E-state index < -0.39 is 5.91 Å². The third kappa shape index (κ3) is 2.44. The van der Waals surface area contributed by atoms with Crippen molar-refractivity contribution in [1.29, 1.82) is 0 Å². The van der Waals surface area contributed by atoms with Gasteiger partial charge >= 0.3 is 0 Å². The maximum atomic E-state index is 12.4. The molecule has 0 saturated heterocycles. The smallest absolute Gasteiger partial charge is 0.292 e. The molecule has 0 atom stereocenters. The van der Waals surface area contributed by atoms with E-state index in [2.05, 4.69) is 10.6 Å². The summed E-state index contributed by atoms with van der Waals surface area (Å²) in [5.74, 6) is -0.474. The standard InChI is InChI=1S/C17H15N3O2/c1-12-11-14-9-5-6-10-15(14)20(12)18-17(21)16(19-22)13-7-3-2-4-8-13/h2-11,22H,1H3,(H,18,21)/b19-16-. The van der Waals surface area contributed by atoms with Gasteiger partial charge < -0.3 is 5.21 Å². The van der Waals surface area contributed by atoms with Crippen LogP contribution in [0.5, 0.6) is 0 Å². The van der Waals surface area contributed by atoms with Gasteiger partial charge in [0, 0.05) is 16.6 Å². The van der Waals surface area contributed by atoms with Crippen molar-refractivity contribution in [3.05, 3.63) is 71.9 Å². The van der Waals surface area contributed by atoms with Crippen LogP contribution in [0.15, 0.2) is 65.8 Å². The summed E-state index contributed by atoms with van der Waals surface area (Å²) in [5.41, 5.74) is 5.07. The number of rotatable bonds is 3. The summed E-state index contributed by atoms with van der Waals surface area (Å²) in [5, 5.41) is 13.3. The van der Waals surface area contributed by atoms with Crippen LogP contribution in [0.1, 0.15) is 11.3 Å². The number of hydrogen-bond donors (Lipinski definition) is 2. The van der Waals surface area contributed by atoms with Crippen LogP contribution < -0.4 is 5.43 Å². The number of oxime groups is 1. The van der Waals surface area contributed by atoms with Crippen LogP contribution in [-0.4, -0.2) is 21.5 Å². The SMILES string of the molecule is Cc1cc2ccccc2n1NC(=O)/C(=N\O)c1ccccc1. The predicted molar refractivity (Wildman–Crippen MR) is 85.8 cm³/mol. The Bertz CT molecular complexity index is 851. The number of benzene rings is 2. The van der Waals surface area contributed by atoms with E-state index in [-0.39, 0.29) is 5.71 Å². The molecule has 3 rings (SSSR count). The summed E-state index contributed by atoms with van der Waals surface area (Å²) >= 11 is 0. The highest BCUT2D eigenvalue weighted by Crippen LogP contribution is 2.17. The van der Waals surface area contributed by atoms with Crippen LogP contribution in [0.3, 0.4) is 0 Å². The fraction of sp³-hybridized carbons (Fsp3) is 0.0588. The average Bonchev–Trinajstić information content (AvgIpc) is 2.85. The molecular weight excluding hydrogens is 278 g/mol. The zero-order valence-electron chi connectivity index (χ0n) is 12.0. The summed E-state index contributed by atoms with van der Waals surface area (Å²) in [6.45, 7) is 1.90. The zero-order valence-corrected chi connectivity index (χ0v) is 12.0. The lowest BCUT2D eigenvalue weighted by Crippen LogP contribution is -2.31. The fourth-order valence-corrected chi connectivity index (χ4v) is 2.43. The number of para-hydroxylation sites is 1. The molecule has 0 fully saturated rings. The largest absolute Gasteiger partial charge is 0.410 e. The second kappa shape index (κ2) is 5.73. The molecule has 2 aromatic carbocycles. The van der Waals surface area contributed by atoms with Gasteiger partial charge in [-0.1, -0.05) is 53.7 Å². The van der Waals surface area contributed by atoms with E-state index in [4.69, 9.17) is 0 Å². The third-order valence-electron chi connectivity index (χ3n) is 3.47. The topological polar surface area (TPSA) is 66.6 Å². The van der Waals surface area contributed by atoms with Gasteiger partial charge in [-0.05, 0) is 19.1 Å². The van der Waals surface area contributed by atoms with Crippen LogP contribution in [0.25, 0.3) is 10.9 Å². The fourth-order valence-electron chi connectivity index (χ4n) is 2.43. The van der Waals surface area contributed by atoms with Crippen LogP contribution >= 0.6 is 0 Å². The van der Waals surface area contributed by atoms with Crippen molar-refractivity contribution in [2.75, 3.05) is 5.43 Å². The molecule has 1 aromatic heterocycles. The van der Waals surface area contributed by atoms with E-state index in [1.807, 2.05) is 43.3 Å². The number of aromatic nitrogens is 1. The first-order valence-electron chi connectivity index (χ1n) is 6.86. The maximum absolute atomic E-state index is 12.4. The van der Waals surface area contributed by atoms with E-state index in [1.165, 1.54) is 0 Å². The number of fused-ring (bicyclic) bond motifs is 1. The summed E-state index contributed by atoms with van der Waals surface area (Å²) in [7, 11) is 0. The van der Waals surface area contributed by atoms with Gasteiger partial charge in [-0.15, -0.1) is 0 Å². The van der Waals surface area contributed by atoms with Crippen molar-refractivity contribution in [2.24, 2.45) is 5.16 Å². The third-order valence-corrected chi connectivity index (χ3v) is 3.47. The molecule has 0 aliphatic rings. The van der Waals surface area contributed by atoms with E-state index >= 15 is 0 Å². The lowest BCUT2D eigenvalue weighted by atomic mass is 10.1. The normalized spacial score (nSPS) is 11.6. The first kappa shape index (κ1) is 13.9. The Morgan fingerprint density at radius 1 is 1.09 bits per heavy atom. The number of nitrogens with one attached hydrogen (secondary N) is 1. The number of nitrogens with zero attached hydrogens (tertiary/aromatic N) is 2. The Hall–Kier alpha value is -3.08. The first-order valence-corrected chi connectivity index (χ1v) is 6.86. The van der Waals surface area contributed by atoms with Crippen molar-refractivity contribution >= 4 is 22.5 Å². The van der Waals surface area contributed by atoms with E-state index in [9.17, 15) is 10.0 Å². The Kier molecular flexibility index (Phi) is 3.62. The van der Waals surface area contributed by atoms with Gasteiger partial charge in [0.05, 0.1) is 5.52 Å². The Balaban J connectivity index is 1.95. The lowest BCUT2D eigenvalue weighted by Gasteiger charge is -2.11. The summed E-state index contributed by atoms with van der Waals surface area (Å²) < 4.78 is 1.69. The molecule has 3 aromatic rings. The van der Waals surface area contributed by atoms with E-state index in [0.717, 1.165) is 16.6 Å². The molecule has 22 heavy (non-hydrogen) atoms. The minimum Gasteiger partial charge on any atom is -0.410 e. The number of carbonyl (C=O) groups is 1. The molecular formula is C17H15N3O2. The lowest BCUT2D eigenvalue weighted by molar-refractivity contribution is -0.111. The van der Waals surface area contributed by atoms with Crippen LogP contribution in [-0.2, 0) is 4.79 Å².